The topological polar surface area (TPSA) is 66.2 Å². The van der Waals surface area contributed by atoms with Crippen LogP contribution in [0.3, 0.4) is 0 Å². The van der Waals surface area contributed by atoms with E-state index in [0.29, 0.717) is 11.4 Å². The molecule has 0 aromatic heterocycles. The molecule has 0 saturated carbocycles. The van der Waals surface area contributed by atoms with Crippen molar-refractivity contribution in [1.82, 2.24) is 5.48 Å². The summed E-state index contributed by atoms with van der Waals surface area (Å²) < 4.78 is 0. The molecular formula is C18H17N3O2. The molecule has 0 saturated heterocycles. The minimum absolute atomic E-state index is 0.180. The molecule has 0 aliphatic carbocycles. The van der Waals surface area contributed by atoms with E-state index in [0.717, 1.165) is 22.9 Å². The predicted molar refractivity (Wildman–Crippen MR) is 90.4 cm³/mol. The van der Waals surface area contributed by atoms with Crippen LogP contribution in [-0.4, -0.2) is 16.7 Å². The van der Waals surface area contributed by atoms with Crippen LogP contribution < -0.4 is 5.48 Å². The zero-order valence-corrected chi connectivity index (χ0v) is 12.7. The number of aromatic hydroxyl groups is 1. The fourth-order valence-corrected chi connectivity index (χ4v) is 3.00. The maximum absolute atomic E-state index is 10.3. The molecule has 0 spiro atoms. The zero-order chi connectivity index (χ0) is 15.8. The number of rotatable bonds is 2. The number of allylic oxidation sites excluding steroid dienone is 1. The van der Waals surface area contributed by atoms with E-state index in [9.17, 15) is 5.11 Å². The van der Waals surface area contributed by atoms with E-state index in [-0.39, 0.29) is 11.7 Å². The van der Waals surface area contributed by atoms with E-state index in [1.165, 1.54) is 0 Å². The molecule has 2 aliphatic rings. The third-order valence-corrected chi connectivity index (χ3v) is 4.23. The van der Waals surface area contributed by atoms with Crippen molar-refractivity contribution in [3.05, 3.63) is 54.2 Å². The van der Waals surface area contributed by atoms with Crippen LogP contribution in [0, 0.1) is 5.92 Å². The van der Waals surface area contributed by atoms with Gasteiger partial charge in [0, 0.05) is 12.1 Å². The van der Waals surface area contributed by atoms with Crippen LogP contribution in [0.2, 0.25) is 0 Å². The van der Waals surface area contributed by atoms with Crippen molar-refractivity contribution in [2.75, 3.05) is 0 Å². The molecule has 2 aliphatic heterocycles. The highest BCUT2D eigenvalue weighted by molar-refractivity contribution is 6.42. The molecule has 5 nitrogen and oxygen atoms in total. The van der Waals surface area contributed by atoms with Gasteiger partial charge in [-0.1, -0.05) is 43.3 Å². The van der Waals surface area contributed by atoms with Gasteiger partial charge in [0.15, 0.2) is 5.84 Å². The second-order valence-corrected chi connectivity index (χ2v) is 5.81. The Morgan fingerprint density at radius 1 is 1.22 bits per heavy atom. The number of aliphatic imine (C=N–C) groups is 2. The molecule has 0 bridgehead atoms. The monoisotopic (exact) mass is 307 g/mol. The van der Waals surface area contributed by atoms with Crippen LogP contribution in [0.5, 0.6) is 5.75 Å². The van der Waals surface area contributed by atoms with Gasteiger partial charge in [-0.2, -0.15) is 0 Å². The molecule has 2 heterocycles. The number of nitrogens with zero attached hydrogens (tertiary/aromatic N) is 2. The number of hydrogen-bond acceptors (Lipinski definition) is 5. The Bertz CT molecular complexity index is 854. The van der Waals surface area contributed by atoms with Gasteiger partial charge in [-0.15, -0.1) is 0 Å². The zero-order valence-electron chi connectivity index (χ0n) is 12.7. The van der Waals surface area contributed by atoms with Gasteiger partial charge in [-0.25, -0.2) is 15.3 Å². The Hall–Kier alpha value is -2.66. The largest absolute Gasteiger partial charge is 0.507 e. The highest BCUT2D eigenvalue weighted by Gasteiger charge is 2.29. The molecule has 4 rings (SSSR count). The van der Waals surface area contributed by atoms with Crippen molar-refractivity contribution in [2.24, 2.45) is 15.9 Å². The van der Waals surface area contributed by atoms with E-state index in [1.54, 1.807) is 12.3 Å². The SMILES string of the molecule is CC1CC=CN=C1C1=NC(c2c(O)ccc3ccccc23)ON1. The standard InChI is InChI=1S/C18H17N3O2/c1-11-5-4-10-19-16(11)17-20-18(23-21-17)15-13-7-3-2-6-12(13)8-9-14(15)22/h2-4,6-11,18,22H,5H2,1H3,(H,20,21). The summed E-state index contributed by atoms with van der Waals surface area (Å²) >= 11 is 0. The average molecular weight is 307 g/mol. The quantitative estimate of drug-likeness (QED) is 0.892. The van der Waals surface area contributed by atoms with Crippen molar-refractivity contribution >= 4 is 22.3 Å². The lowest BCUT2D eigenvalue weighted by molar-refractivity contribution is 0.0375. The van der Waals surface area contributed by atoms with E-state index in [4.69, 9.17) is 4.84 Å². The first-order valence-electron chi connectivity index (χ1n) is 7.67. The van der Waals surface area contributed by atoms with Crippen LogP contribution in [0.4, 0.5) is 0 Å². The fourth-order valence-electron chi connectivity index (χ4n) is 3.00. The molecule has 2 atom stereocenters. The minimum atomic E-state index is -0.586. The van der Waals surface area contributed by atoms with Crippen molar-refractivity contribution in [1.29, 1.82) is 0 Å². The molecule has 116 valence electrons. The van der Waals surface area contributed by atoms with E-state index in [2.05, 4.69) is 22.4 Å². The summed E-state index contributed by atoms with van der Waals surface area (Å²) in [6.07, 6.45) is 4.18. The van der Waals surface area contributed by atoms with Gasteiger partial charge in [0.1, 0.15) is 5.75 Å². The molecule has 2 N–H and O–H groups in total. The number of hydrogen-bond donors (Lipinski definition) is 2. The van der Waals surface area contributed by atoms with Crippen LogP contribution in [0.25, 0.3) is 10.8 Å². The van der Waals surface area contributed by atoms with Gasteiger partial charge in [0.2, 0.25) is 6.23 Å². The van der Waals surface area contributed by atoms with E-state index < -0.39 is 6.23 Å². The molecular weight excluding hydrogens is 290 g/mol. The lowest BCUT2D eigenvalue weighted by Crippen LogP contribution is -2.31. The molecule has 23 heavy (non-hydrogen) atoms. The van der Waals surface area contributed by atoms with Gasteiger partial charge in [-0.05, 0) is 23.3 Å². The third-order valence-electron chi connectivity index (χ3n) is 4.23. The Morgan fingerprint density at radius 2 is 2.09 bits per heavy atom. The smallest absolute Gasteiger partial charge is 0.206 e. The summed E-state index contributed by atoms with van der Waals surface area (Å²) in [4.78, 5) is 14.6. The first-order chi connectivity index (χ1) is 11.2. The van der Waals surface area contributed by atoms with Crippen LogP contribution in [0.1, 0.15) is 25.1 Å². The number of phenolic OH excluding ortho intramolecular Hbond substituents is 1. The highest BCUT2D eigenvalue weighted by atomic mass is 16.7. The Kier molecular flexibility index (Phi) is 3.35. The van der Waals surface area contributed by atoms with Gasteiger partial charge < -0.3 is 5.11 Å². The average Bonchev–Trinajstić information content (AvgIpc) is 3.04. The first kappa shape index (κ1) is 14.0. The van der Waals surface area contributed by atoms with Crippen molar-refractivity contribution in [3.63, 3.8) is 0 Å². The second-order valence-electron chi connectivity index (χ2n) is 5.81. The first-order valence-corrected chi connectivity index (χ1v) is 7.67. The van der Waals surface area contributed by atoms with Crippen molar-refractivity contribution < 1.29 is 9.94 Å². The van der Waals surface area contributed by atoms with Crippen molar-refractivity contribution in [2.45, 2.75) is 19.6 Å². The number of hydroxylamine groups is 1. The molecule has 0 amide bonds. The van der Waals surface area contributed by atoms with Gasteiger partial charge in [-0.3, -0.25) is 4.99 Å². The second kappa shape index (κ2) is 5.52. The number of nitrogens with one attached hydrogen (secondary N) is 1. The van der Waals surface area contributed by atoms with Gasteiger partial charge >= 0.3 is 0 Å². The lowest BCUT2D eigenvalue weighted by atomic mass is 9.99. The van der Waals surface area contributed by atoms with Crippen LogP contribution in [0.15, 0.2) is 58.7 Å². The summed E-state index contributed by atoms with van der Waals surface area (Å²) in [5, 5.41) is 12.3. The molecule has 2 aromatic carbocycles. The predicted octanol–water partition coefficient (Wildman–Crippen LogP) is 3.47. The third kappa shape index (κ3) is 2.39. The van der Waals surface area contributed by atoms with Crippen molar-refractivity contribution in [3.8, 4) is 5.75 Å². The molecule has 2 aromatic rings. The summed E-state index contributed by atoms with van der Waals surface area (Å²) in [5.41, 5.74) is 4.43. The molecule has 5 heteroatoms. The minimum Gasteiger partial charge on any atom is -0.507 e. The van der Waals surface area contributed by atoms with Gasteiger partial charge in [0.25, 0.3) is 0 Å². The Morgan fingerprint density at radius 3 is 2.96 bits per heavy atom. The van der Waals surface area contributed by atoms with Crippen LogP contribution >= 0.6 is 0 Å². The summed E-state index contributed by atoms with van der Waals surface area (Å²) in [5.74, 6) is 1.10. The lowest BCUT2D eigenvalue weighted by Gasteiger charge is -2.14. The number of benzene rings is 2. The van der Waals surface area contributed by atoms with Crippen LogP contribution in [-0.2, 0) is 4.84 Å². The number of phenols is 1. The number of amidine groups is 1. The normalized spacial score (nSPS) is 23.5. The van der Waals surface area contributed by atoms with Gasteiger partial charge in [0.05, 0.1) is 11.3 Å². The Balaban J connectivity index is 1.77. The summed E-state index contributed by atoms with van der Waals surface area (Å²) in [6, 6.07) is 11.4. The maximum Gasteiger partial charge on any atom is 0.206 e. The molecule has 0 fully saturated rings. The summed E-state index contributed by atoms with van der Waals surface area (Å²) in [7, 11) is 0. The summed E-state index contributed by atoms with van der Waals surface area (Å²) in [6.45, 7) is 2.11. The number of fused-ring (bicyclic) bond motifs is 1. The van der Waals surface area contributed by atoms with E-state index in [1.807, 2.05) is 36.4 Å². The molecule has 2 unspecified atom stereocenters. The molecule has 0 radical (unpaired) electrons. The Labute approximate surface area is 134 Å². The van der Waals surface area contributed by atoms with E-state index >= 15 is 0 Å². The highest BCUT2D eigenvalue weighted by Crippen LogP contribution is 2.36. The fraction of sp³-hybridized carbons (Fsp3) is 0.222. The maximum atomic E-state index is 10.3.